The molecule has 0 fully saturated rings. The average molecular weight is 452 g/mol. The molecule has 6 heteroatoms. The lowest BCUT2D eigenvalue weighted by molar-refractivity contribution is -0.117. The fourth-order valence-corrected chi connectivity index (χ4v) is 3.91. The highest BCUT2D eigenvalue weighted by Crippen LogP contribution is 2.41. The number of fused-ring (bicyclic) bond motifs is 1. The van der Waals surface area contributed by atoms with Crippen molar-refractivity contribution in [2.45, 2.75) is 40.7 Å². The van der Waals surface area contributed by atoms with Gasteiger partial charge in [0.2, 0.25) is 5.91 Å². The fraction of sp³-hybridized carbons (Fsp3) is 0.370. The summed E-state index contributed by atoms with van der Waals surface area (Å²) in [5.74, 6) is 1.39. The Balaban J connectivity index is 2.06. The summed E-state index contributed by atoms with van der Waals surface area (Å²) in [4.78, 5) is 12.5. The highest BCUT2D eigenvalue weighted by Gasteiger charge is 2.19. The van der Waals surface area contributed by atoms with Crippen molar-refractivity contribution < 1.29 is 23.4 Å². The number of hydrogen-bond donors (Lipinski definition) is 1. The molecule has 176 valence electrons. The topological polar surface area (TPSA) is 69.9 Å². The quantitative estimate of drug-likeness (QED) is 0.397. The van der Waals surface area contributed by atoms with Crippen molar-refractivity contribution in [3.05, 3.63) is 53.8 Å². The minimum absolute atomic E-state index is 0.0812. The second-order valence-corrected chi connectivity index (χ2v) is 7.99. The summed E-state index contributed by atoms with van der Waals surface area (Å²) in [6, 6.07) is 9.91. The van der Waals surface area contributed by atoms with E-state index in [9.17, 15) is 4.79 Å². The Bertz CT molecular complexity index is 1130. The van der Waals surface area contributed by atoms with Gasteiger partial charge in [0, 0.05) is 41.3 Å². The predicted molar refractivity (Wildman–Crippen MR) is 132 cm³/mol. The molecule has 33 heavy (non-hydrogen) atoms. The molecule has 0 aliphatic carbocycles. The van der Waals surface area contributed by atoms with Gasteiger partial charge in [-0.25, -0.2) is 0 Å². The smallest absolute Gasteiger partial charge is 0.244 e. The Morgan fingerprint density at radius 2 is 1.85 bits per heavy atom. The third-order valence-electron chi connectivity index (χ3n) is 5.39. The summed E-state index contributed by atoms with van der Waals surface area (Å²) in [5, 5.41) is 3.89. The molecule has 0 radical (unpaired) electrons. The van der Waals surface area contributed by atoms with Gasteiger partial charge in [-0.15, -0.1) is 0 Å². The van der Waals surface area contributed by atoms with Gasteiger partial charge >= 0.3 is 0 Å². The van der Waals surface area contributed by atoms with Gasteiger partial charge in [0.15, 0.2) is 0 Å². The van der Waals surface area contributed by atoms with Crippen LogP contribution in [-0.2, 0) is 9.53 Å². The van der Waals surface area contributed by atoms with Gasteiger partial charge in [0.25, 0.3) is 0 Å². The molecule has 0 bridgehead atoms. The van der Waals surface area contributed by atoms with E-state index in [2.05, 4.69) is 5.32 Å². The highest BCUT2D eigenvalue weighted by molar-refractivity contribution is 6.01. The number of carbonyl (C=O) groups excluding carboxylic acids is 1. The lowest BCUT2D eigenvalue weighted by Gasteiger charge is -2.15. The molecule has 0 saturated heterocycles. The van der Waals surface area contributed by atoms with E-state index >= 15 is 0 Å². The zero-order chi connectivity index (χ0) is 24.0. The van der Waals surface area contributed by atoms with E-state index in [1.165, 1.54) is 0 Å². The third-order valence-corrected chi connectivity index (χ3v) is 5.39. The number of furan rings is 1. The Kier molecular flexibility index (Phi) is 8.17. The largest absolute Gasteiger partial charge is 0.494 e. The van der Waals surface area contributed by atoms with Crippen LogP contribution in [0.4, 0.5) is 0 Å². The summed E-state index contributed by atoms with van der Waals surface area (Å²) in [5.41, 5.74) is 5.36. The molecule has 1 amide bonds. The van der Waals surface area contributed by atoms with E-state index in [4.69, 9.17) is 18.6 Å². The molecule has 1 heterocycles. The second kappa shape index (κ2) is 11.1. The van der Waals surface area contributed by atoms with Crippen LogP contribution in [0.3, 0.4) is 0 Å². The molecule has 3 rings (SSSR count). The van der Waals surface area contributed by atoms with Gasteiger partial charge in [-0.05, 0) is 64.0 Å². The first kappa shape index (κ1) is 24.4. The van der Waals surface area contributed by atoms with Crippen molar-refractivity contribution in [3.8, 4) is 22.6 Å². The number of nitrogens with one attached hydrogen (secondary N) is 1. The minimum atomic E-state index is -0.170. The molecule has 0 saturated carbocycles. The van der Waals surface area contributed by atoms with Crippen molar-refractivity contribution in [1.82, 2.24) is 5.32 Å². The van der Waals surface area contributed by atoms with Crippen molar-refractivity contribution in [2.24, 2.45) is 0 Å². The fourth-order valence-electron chi connectivity index (χ4n) is 3.91. The molecule has 3 aromatic rings. The van der Waals surface area contributed by atoms with Gasteiger partial charge in [0.05, 0.1) is 26.1 Å². The Morgan fingerprint density at radius 3 is 2.48 bits per heavy atom. The van der Waals surface area contributed by atoms with E-state index in [1.54, 1.807) is 19.4 Å². The monoisotopic (exact) mass is 451 g/mol. The number of carbonyl (C=O) groups is 1. The predicted octanol–water partition coefficient (Wildman–Crippen LogP) is 5.76. The van der Waals surface area contributed by atoms with Crippen molar-refractivity contribution in [2.75, 3.05) is 26.9 Å². The molecule has 1 aromatic heterocycles. The maximum atomic E-state index is 12.5. The normalized spacial score (nSPS) is 12.6. The number of aryl methyl sites for hydroxylation is 1. The summed E-state index contributed by atoms with van der Waals surface area (Å²) in [7, 11) is 1.61. The molecule has 2 aromatic carbocycles. The number of allylic oxidation sites excluding steroid dienone is 1. The van der Waals surface area contributed by atoms with Crippen molar-refractivity contribution in [1.29, 1.82) is 0 Å². The number of hydrogen-bond acceptors (Lipinski definition) is 5. The van der Waals surface area contributed by atoms with Gasteiger partial charge in [-0.2, -0.15) is 0 Å². The van der Waals surface area contributed by atoms with Gasteiger partial charge in [-0.3, -0.25) is 4.79 Å². The average Bonchev–Trinajstić information content (AvgIpc) is 3.20. The van der Waals surface area contributed by atoms with E-state index in [1.807, 2.05) is 65.0 Å². The second-order valence-electron chi connectivity index (χ2n) is 7.99. The molecule has 0 aliphatic heterocycles. The molecule has 1 unspecified atom stereocenters. The molecule has 1 N–H and O–H groups in total. The van der Waals surface area contributed by atoms with Crippen LogP contribution < -0.4 is 14.8 Å². The Morgan fingerprint density at radius 1 is 1.15 bits per heavy atom. The maximum Gasteiger partial charge on any atom is 0.244 e. The zero-order valence-corrected chi connectivity index (χ0v) is 20.3. The number of benzene rings is 2. The molecule has 1 atom stereocenters. The van der Waals surface area contributed by atoms with Gasteiger partial charge in [0.1, 0.15) is 17.1 Å². The lowest BCUT2D eigenvalue weighted by Crippen LogP contribution is -2.34. The summed E-state index contributed by atoms with van der Waals surface area (Å²) in [6.45, 7) is 11.3. The first-order chi connectivity index (χ1) is 15.9. The summed E-state index contributed by atoms with van der Waals surface area (Å²) in [6.07, 6.45) is 3.37. The first-order valence-electron chi connectivity index (χ1n) is 11.3. The van der Waals surface area contributed by atoms with Crippen LogP contribution in [-0.4, -0.2) is 38.9 Å². The van der Waals surface area contributed by atoms with E-state index in [0.29, 0.717) is 19.8 Å². The molecule has 0 aliphatic rings. The number of ether oxygens (including phenoxy) is 3. The molecular formula is C27H33NO5. The van der Waals surface area contributed by atoms with Crippen LogP contribution in [0.15, 0.2) is 47.1 Å². The third kappa shape index (κ3) is 5.57. The van der Waals surface area contributed by atoms with Gasteiger partial charge in [-0.1, -0.05) is 12.1 Å². The van der Waals surface area contributed by atoms with Crippen LogP contribution in [0.2, 0.25) is 0 Å². The SMILES string of the molecule is CCOc1ccc(-c2coc3c(C)c(OCC)c(/C(C)=C/C(=O)NC(C)COC)cc23)cc1. The first-order valence-corrected chi connectivity index (χ1v) is 11.3. The van der Waals surface area contributed by atoms with Crippen molar-refractivity contribution in [3.63, 3.8) is 0 Å². The van der Waals surface area contributed by atoms with Gasteiger partial charge < -0.3 is 23.9 Å². The number of amides is 1. The number of methoxy groups -OCH3 is 1. The summed E-state index contributed by atoms with van der Waals surface area (Å²) < 4.78 is 22.6. The standard InChI is InChI=1S/C27H33NO5/c1-7-31-21-11-9-20(10-12-21)24-16-33-27-19(5)26(32-8-2)22(14-23(24)27)17(3)13-25(29)28-18(4)15-30-6/h9-14,16,18H,7-8,15H2,1-6H3,(H,28,29)/b17-13+. The van der Waals surface area contributed by atoms with Crippen LogP contribution in [0.25, 0.3) is 27.7 Å². The van der Waals surface area contributed by atoms with Crippen LogP contribution in [0.1, 0.15) is 38.8 Å². The van der Waals surface area contributed by atoms with Crippen LogP contribution >= 0.6 is 0 Å². The lowest BCUT2D eigenvalue weighted by atomic mass is 9.96. The van der Waals surface area contributed by atoms with E-state index in [-0.39, 0.29) is 11.9 Å². The number of rotatable bonds is 10. The molecular weight excluding hydrogens is 418 g/mol. The Labute approximate surface area is 195 Å². The van der Waals surface area contributed by atoms with E-state index in [0.717, 1.165) is 50.3 Å². The zero-order valence-electron chi connectivity index (χ0n) is 20.3. The molecule has 0 spiro atoms. The highest BCUT2D eigenvalue weighted by atomic mass is 16.5. The Hall–Kier alpha value is -3.25. The van der Waals surface area contributed by atoms with Crippen molar-refractivity contribution >= 4 is 22.4 Å². The maximum absolute atomic E-state index is 12.5. The minimum Gasteiger partial charge on any atom is -0.494 e. The molecule has 6 nitrogen and oxygen atoms in total. The van der Waals surface area contributed by atoms with E-state index < -0.39 is 0 Å². The van der Waals surface area contributed by atoms with Crippen LogP contribution in [0, 0.1) is 6.92 Å². The summed E-state index contributed by atoms with van der Waals surface area (Å²) >= 11 is 0. The van der Waals surface area contributed by atoms with Crippen LogP contribution in [0.5, 0.6) is 11.5 Å².